The Balaban J connectivity index is 2.40. The van der Waals surface area contributed by atoms with Crippen molar-refractivity contribution in [2.75, 3.05) is 11.4 Å². The molecule has 0 radical (unpaired) electrons. The lowest BCUT2D eigenvalue weighted by Crippen LogP contribution is -2.16. The molecule has 0 saturated heterocycles. The standard InChI is InChI=1S/C15H15BrN2S/c1-2-18(11-6-4-3-5-7-11)12-8-9-13(15(17)19)14(16)10-12/h3-10H,2H2,1H3,(H2,17,19). The SMILES string of the molecule is CCN(c1ccccc1)c1ccc(C(N)=S)c(Br)c1. The quantitative estimate of drug-likeness (QED) is 0.848. The fraction of sp³-hybridized carbons (Fsp3) is 0.133. The monoisotopic (exact) mass is 334 g/mol. The molecular formula is C15H15BrN2S. The number of thiocarbonyl (C=S) groups is 1. The summed E-state index contributed by atoms with van der Waals surface area (Å²) in [4.78, 5) is 2.63. The van der Waals surface area contributed by atoms with E-state index in [0.29, 0.717) is 4.99 Å². The van der Waals surface area contributed by atoms with Crippen LogP contribution in [0.1, 0.15) is 12.5 Å². The molecule has 2 rings (SSSR count). The Labute approximate surface area is 127 Å². The van der Waals surface area contributed by atoms with Crippen LogP contribution in [0.25, 0.3) is 0 Å². The summed E-state index contributed by atoms with van der Waals surface area (Å²) in [6, 6.07) is 16.3. The van der Waals surface area contributed by atoms with Crippen molar-refractivity contribution in [2.45, 2.75) is 6.92 Å². The highest BCUT2D eigenvalue weighted by molar-refractivity contribution is 9.10. The lowest BCUT2D eigenvalue weighted by molar-refractivity contribution is 1.02. The third-order valence-corrected chi connectivity index (χ3v) is 3.79. The Bertz CT molecular complexity index is 584. The molecule has 0 amide bonds. The fourth-order valence-electron chi connectivity index (χ4n) is 1.99. The van der Waals surface area contributed by atoms with Crippen LogP contribution in [0.2, 0.25) is 0 Å². The molecule has 0 heterocycles. The van der Waals surface area contributed by atoms with Gasteiger partial charge in [-0.3, -0.25) is 0 Å². The van der Waals surface area contributed by atoms with Crippen LogP contribution in [0.3, 0.4) is 0 Å². The van der Waals surface area contributed by atoms with Crippen molar-refractivity contribution in [1.82, 2.24) is 0 Å². The summed E-state index contributed by atoms with van der Waals surface area (Å²) in [6.45, 7) is 3.02. The summed E-state index contributed by atoms with van der Waals surface area (Å²) in [5.74, 6) is 0. The summed E-state index contributed by atoms with van der Waals surface area (Å²) >= 11 is 8.54. The molecule has 0 unspecified atom stereocenters. The van der Waals surface area contributed by atoms with Crippen LogP contribution in [0.5, 0.6) is 0 Å². The molecule has 2 N–H and O–H groups in total. The van der Waals surface area contributed by atoms with Crippen molar-refractivity contribution < 1.29 is 0 Å². The predicted molar refractivity (Wildman–Crippen MR) is 89.2 cm³/mol. The maximum Gasteiger partial charge on any atom is 0.105 e. The van der Waals surface area contributed by atoms with E-state index < -0.39 is 0 Å². The number of anilines is 2. The second-order valence-electron chi connectivity index (χ2n) is 4.11. The molecule has 0 aliphatic rings. The smallest absolute Gasteiger partial charge is 0.105 e. The Morgan fingerprint density at radius 2 is 1.84 bits per heavy atom. The molecule has 0 aliphatic heterocycles. The lowest BCUT2D eigenvalue weighted by Gasteiger charge is -2.24. The number of hydrogen-bond acceptors (Lipinski definition) is 2. The predicted octanol–water partition coefficient (Wildman–Crippen LogP) is 4.24. The molecule has 0 saturated carbocycles. The summed E-state index contributed by atoms with van der Waals surface area (Å²) in [6.07, 6.45) is 0. The zero-order chi connectivity index (χ0) is 13.8. The normalized spacial score (nSPS) is 10.2. The van der Waals surface area contributed by atoms with Crippen LogP contribution < -0.4 is 10.6 Å². The highest BCUT2D eigenvalue weighted by atomic mass is 79.9. The van der Waals surface area contributed by atoms with Gasteiger partial charge in [0, 0.05) is 28.0 Å². The topological polar surface area (TPSA) is 29.3 Å². The van der Waals surface area contributed by atoms with Gasteiger partial charge in [-0.15, -0.1) is 0 Å². The third-order valence-electron chi connectivity index (χ3n) is 2.91. The highest BCUT2D eigenvalue weighted by Gasteiger charge is 2.10. The second kappa shape index (κ2) is 6.17. The van der Waals surface area contributed by atoms with Crippen molar-refractivity contribution in [3.8, 4) is 0 Å². The van der Waals surface area contributed by atoms with E-state index in [-0.39, 0.29) is 0 Å². The first-order valence-electron chi connectivity index (χ1n) is 6.05. The first-order valence-corrected chi connectivity index (χ1v) is 7.25. The maximum absolute atomic E-state index is 5.67. The number of rotatable bonds is 4. The van der Waals surface area contributed by atoms with Crippen LogP contribution >= 0.6 is 28.1 Å². The van der Waals surface area contributed by atoms with Crippen LogP contribution in [0.15, 0.2) is 53.0 Å². The van der Waals surface area contributed by atoms with Crippen LogP contribution in [0, 0.1) is 0 Å². The number of nitrogens with two attached hydrogens (primary N) is 1. The molecule has 0 aromatic heterocycles. The van der Waals surface area contributed by atoms with Gasteiger partial charge in [0.1, 0.15) is 4.99 Å². The zero-order valence-electron chi connectivity index (χ0n) is 10.6. The molecule has 0 atom stereocenters. The molecule has 2 aromatic carbocycles. The van der Waals surface area contributed by atoms with Crippen LogP contribution in [-0.4, -0.2) is 11.5 Å². The van der Waals surface area contributed by atoms with Gasteiger partial charge in [0.15, 0.2) is 0 Å². The highest BCUT2D eigenvalue weighted by Crippen LogP contribution is 2.29. The summed E-state index contributed by atoms with van der Waals surface area (Å²) < 4.78 is 0.923. The van der Waals surface area contributed by atoms with Gasteiger partial charge in [-0.05, 0) is 53.2 Å². The number of nitrogens with zero attached hydrogens (tertiary/aromatic N) is 1. The van der Waals surface area contributed by atoms with Crippen molar-refractivity contribution in [3.05, 3.63) is 58.6 Å². The van der Waals surface area contributed by atoms with E-state index in [9.17, 15) is 0 Å². The van der Waals surface area contributed by atoms with E-state index in [1.165, 1.54) is 5.69 Å². The number of halogens is 1. The van der Waals surface area contributed by atoms with Gasteiger partial charge in [-0.1, -0.05) is 30.4 Å². The van der Waals surface area contributed by atoms with E-state index >= 15 is 0 Å². The molecule has 19 heavy (non-hydrogen) atoms. The number of hydrogen-bond donors (Lipinski definition) is 1. The average molecular weight is 335 g/mol. The van der Waals surface area contributed by atoms with Crippen LogP contribution in [0.4, 0.5) is 11.4 Å². The minimum Gasteiger partial charge on any atom is -0.389 e. The third kappa shape index (κ3) is 3.14. The van der Waals surface area contributed by atoms with Crippen LogP contribution in [-0.2, 0) is 0 Å². The van der Waals surface area contributed by atoms with Gasteiger partial charge < -0.3 is 10.6 Å². The van der Waals surface area contributed by atoms with Crippen molar-refractivity contribution in [3.63, 3.8) is 0 Å². The van der Waals surface area contributed by atoms with Gasteiger partial charge >= 0.3 is 0 Å². The molecule has 4 heteroatoms. The molecule has 0 aliphatic carbocycles. The largest absolute Gasteiger partial charge is 0.389 e. The molecule has 98 valence electrons. The Morgan fingerprint density at radius 1 is 1.16 bits per heavy atom. The number of benzene rings is 2. The molecule has 2 aromatic rings. The Morgan fingerprint density at radius 3 is 2.37 bits per heavy atom. The maximum atomic E-state index is 5.67. The zero-order valence-corrected chi connectivity index (χ0v) is 13.0. The van der Waals surface area contributed by atoms with Crippen molar-refractivity contribution in [1.29, 1.82) is 0 Å². The Kier molecular flexibility index (Phi) is 4.56. The molecule has 0 bridgehead atoms. The van der Waals surface area contributed by atoms with E-state index in [0.717, 1.165) is 22.3 Å². The molecule has 2 nitrogen and oxygen atoms in total. The van der Waals surface area contributed by atoms with Gasteiger partial charge in [0.25, 0.3) is 0 Å². The first kappa shape index (κ1) is 14.0. The minimum absolute atomic E-state index is 0.404. The van der Waals surface area contributed by atoms with E-state index in [1.807, 2.05) is 36.4 Å². The van der Waals surface area contributed by atoms with E-state index in [1.54, 1.807) is 0 Å². The Hall–Kier alpha value is -1.39. The first-order chi connectivity index (χ1) is 9.13. The average Bonchev–Trinajstić information content (AvgIpc) is 2.40. The van der Waals surface area contributed by atoms with Gasteiger partial charge in [0.05, 0.1) is 0 Å². The minimum atomic E-state index is 0.404. The summed E-state index contributed by atoms with van der Waals surface area (Å²) in [5.41, 5.74) is 8.81. The van der Waals surface area contributed by atoms with Gasteiger partial charge in [-0.25, -0.2) is 0 Å². The summed E-state index contributed by atoms with van der Waals surface area (Å²) in [7, 11) is 0. The van der Waals surface area contributed by atoms with E-state index in [4.69, 9.17) is 18.0 Å². The molecule has 0 fully saturated rings. The second-order valence-corrected chi connectivity index (χ2v) is 5.40. The van der Waals surface area contributed by atoms with Gasteiger partial charge in [0.2, 0.25) is 0 Å². The fourth-order valence-corrected chi connectivity index (χ4v) is 2.88. The van der Waals surface area contributed by atoms with Crippen molar-refractivity contribution in [2.24, 2.45) is 5.73 Å². The van der Waals surface area contributed by atoms with Gasteiger partial charge in [-0.2, -0.15) is 0 Å². The molecular weight excluding hydrogens is 320 g/mol. The van der Waals surface area contributed by atoms with Crippen molar-refractivity contribution >= 4 is 44.5 Å². The number of para-hydroxylation sites is 1. The summed E-state index contributed by atoms with van der Waals surface area (Å²) in [5, 5.41) is 0. The lowest BCUT2D eigenvalue weighted by atomic mass is 10.1. The van der Waals surface area contributed by atoms with E-state index in [2.05, 4.69) is 39.9 Å². The molecule has 0 spiro atoms.